The highest BCUT2D eigenvalue weighted by atomic mass is 32.1. The molecule has 1 aliphatic heterocycles. The van der Waals surface area contributed by atoms with Crippen LogP contribution in [-0.4, -0.2) is 42.0 Å². The van der Waals surface area contributed by atoms with Crippen molar-refractivity contribution in [2.45, 2.75) is 12.1 Å². The zero-order chi connectivity index (χ0) is 25.9. The van der Waals surface area contributed by atoms with Crippen LogP contribution in [0.2, 0.25) is 0 Å². The highest BCUT2D eigenvalue weighted by Crippen LogP contribution is 2.45. The van der Waals surface area contributed by atoms with Crippen LogP contribution in [0, 0.1) is 0 Å². The Morgan fingerprint density at radius 2 is 1.76 bits per heavy atom. The summed E-state index contributed by atoms with van der Waals surface area (Å²) in [4.78, 5) is 19.3. The van der Waals surface area contributed by atoms with E-state index in [1.54, 1.807) is 26.5 Å². The van der Waals surface area contributed by atoms with Crippen LogP contribution in [0.15, 0.2) is 85.2 Å². The van der Waals surface area contributed by atoms with Crippen LogP contribution < -0.4 is 19.7 Å². The van der Waals surface area contributed by atoms with Crippen LogP contribution in [0.3, 0.4) is 0 Å². The van der Waals surface area contributed by atoms with Crippen LogP contribution >= 0.6 is 12.2 Å². The number of hydrogen-bond donors (Lipinski definition) is 1. The fourth-order valence-electron chi connectivity index (χ4n) is 4.72. The molecule has 0 radical (unpaired) electrons. The molecule has 1 aliphatic rings. The van der Waals surface area contributed by atoms with Gasteiger partial charge < -0.3 is 29.0 Å². The molecule has 8 nitrogen and oxygen atoms in total. The van der Waals surface area contributed by atoms with Gasteiger partial charge in [-0.05, 0) is 60.7 Å². The summed E-state index contributed by atoms with van der Waals surface area (Å²) in [5.41, 5.74) is 3.67. The first-order valence-electron chi connectivity index (χ1n) is 11.6. The van der Waals surface area contributed by atoms with Gasteiger partial charge in [0.25, 0.3) is 0 Å². The molecule has 1 saturated heterocycles. The predicted molar refractivity (Wildman–Crippen MR) is 145 cm³/mol. The molecule has 0 amide bonds. The second-order valence-corrected chi connectivity index (χ2v) is 8.73. The fraction of sp³-hybridized carbons (Fsp3) is 0.179. The largest absolute Gasteiger partial charge is 0.497 e. The molecule has 1 N–H and O–H groups in total. The number of benzene rings is 2. The first kappa shape index (κ1) is 24.3. The highest BCUT2D eigenvalue weighted by molar-refractivity contribution is 7.80. The standard InChI is InChI=1S/C28H26N4O4S/c1-34-18-13-14-22(24(17-18)35-2)32-26(25(30-28(32)37)20-10-6-7-15-29-20)23-12-8-16-31(23)21-11-5-4-9-19(21)27(33)36-3/h4-17,25-26H,1-3H3,(H,30,37)/t25-,26+/m1/s1. The summed E-state index contributed by atoms with van der Waals surface area (Å²) in [5.74, 6) is 0.875. The maximum atomic E-state index is 12.6. The van der Waals surface area contributed by atoms with Gasteiger partial charge >= 0.3 is 5.97 Å². The molecule has 2 aromatic carbocycles. The van der Waals surface area contributed by atoms with Gasteiger partial charge in [0.15, 0.2) is 5.11 Å². The zero-order valence-corrected chi connectivity index (χ0v) is 21.4. The molecule has 9 heteroatoms. The van der Waals surface area contributed by atoms with Crippen molar-refractivity contribution in [1.29, 1.82) is 0 Å². The second-order valence-electron chi connectivity index (χ2n) is 8.35. The van der Waals surface area contributed by atoms with E-state index < -0.39 is 5.97 Å². The fourth-order valence-corrected chi connectivity index (χ4v) is 5.06. The normalized spacial score (nSPS) is 16.8. The molecular formula is C28H26N4O4S. The Morgan fingerprint density at radius 3 is 2.49 bits per heavy atom. The monoisotopic (exact) mass is 514 g/mol. The lowest BCUT2D eigenvalue weighted by Crippen LogP contribution is -2.30. The number of ether oxygens (including phenoxy) is 3. The first-order valence-corrected chi connectivity index (χ1v) is 12.1. The van der Waals surface area contributed by atoms with Crippen molar-refractivity contribution >= 4 is 29.0 Å². The SMILES string of the molecule is COC(=O)c1ccccc1-n1cccc1[C@H]1[C@@H](c2ccccn2)NC(=S)N1c1ccc(OC)cc1OC. The summed E-state index contributed by atoms with van der Waals surface area (Å²) >= 11 is 5.88. The van der Waals surface area contributed by atoms with Crippen molar-refractivity contribution < 1.29 is 19.0 Å². The Bertz CT molecular complexity index is 1440. The molecular weight excluding hydrogens is 488 g/mol. The molecule has 2 aromatic heterocycles. The summed E-state index contributed by atoms with van der Waals surface area (Å²) in [7, 11) is 4.61. The van der Waals surface area contributed by atoms with E-state index in [1.165, 1.54) is 7.11 Å². The Labute approximate surface area is 220 Å². The van der Waals surface area contributed by atoms with Crippen LogP contribution in [0.1, 0.15) is 33.8 Å². The molecule has 3 heterocycles. The van der Waals surface area contributed by atoms with Gasteiger partial charge in [0, 0.05) is 24.2 Å². The number of esters is 1. The lowest BCUT2D eigenvalue weighted by atomic mass is 10.00. The molecule has 5 rings (SSSR count). The van der Waals surface area contributed by atoms with Crippen LogP contribution in [0.25, 0.3) is 5.69 Å². The Kier molecular flexibility index (Phi) is 6.78. The molecule has 0 bridgehead atoms. The summed E-state index contributed by atoms with van der Waals surface area (Å²) < 4.78 is 18.2. The number of rotatable bonds is 7. The number of hydrogen-bond acceptors (Lipinski definition) is 6. The van der Waals surface area contributed by atoms with Gasteiger partial charge in [0.2, 0.25) is 0 Å². The maximum Gasteiger partial charge on any atom is 0.339 e. The summed E-state index contributed by atoms with van der Waals surface area (Å²) in [5, 5.41) is 3.99. The van der Waals surface area contributed by atoms with Gasteiger partial charge in [0.05, 0.1) is 50.0 Å². The number of carbonyl (C=O) groups is 1. The molecule has 37 heavy (non-hydrogen) atoms. The summed E-state index contributed by atoms with van der Waals surface area (Å²) in [6.07, 6.45) is 3.69. The predicted octanol–water partition coefficient (Wildman–Crippen LogP) is 4.85. The van der Waals surface area contributed by atoms with Gasteiger partial charge in [-0.3, -0.25) is 4.98 Å². The van der Waals surface area contributed by atoms with Crippen LogP contribution in [-0.2, 0) is 4.74 Å². The Hall–Kier alpha value is -4.37. The van der Waals surface area contributed by atoms with Gasteiger partial charge in [0.1, 0.15) is 17.5 Å². The number of para-hydroxylation sites is 1. The number of carbonyl (C=O) groups excluding carboxylic acids is 1. The van der Waals surface area contributed by atoms with Crippen molar-refractivity contribution in [3.05, 3.63) is 102 Å². The third-order valence-corrected chi connectivity index (χ3v) is 6.71. The number of thiocarbonyl (C=S) groups is 1. The maximum absolute atomic E-state index is 12.6. The molecule has 0 spiro atoms. The third-order valence-electron chi connectivity index (χ3n) is 6.40. The minimum atomic E-state index is -0.412. The van der Waals surface area contributed by atoms with Crippen molar-refractivity contribution in [2.75, 3.05) is 26.2 Å². The van der Waals surface area contributed by atoms with E-state index in [9.17, 15) is 4.79 Å². The second kappa shape index (κ2) is 10.3. The lowest BCUT2D eigenvalue weighted by Gasteiger charge is -2.30. The quantitative estimate of drug-likeness (QED) is 0.277. The van der Waals surface area contributed by atoms with E-state index in [-0.39, 0.29) is 12.1 Å². The van der Waals surface area contributed by atoms with Crippen LogP contribution in [0.4, 0.5) is 5.69 Å². The lowest BCUT2D eigenvalue weighted by molar-refractivity contribution is 0.0600. The summed E-state index contributed by atoms with van der Waals surface area (Å²) in [6.45, 7) is 0. The van der Waals surface area contributed by atoms with E-state index in [1.807, 2.05) is 82.4 Å². The molecule has 0 aliphatic carbocycles. The minimum Gasteiger partial charge on any atom is -0.497 e. The van der Waals surface area contributed by atoms with Crippen molar-refractivity contribution in [2.24, 2.45) is 0 Å². The molecule has 0 unspecified atom stereocenters. The number of pyridine rings is 1. The average Bonchev–Trinajstić information content (AvgIpc) is 3.56. The van der Waals surface area contributed by atoms with Crippen LogP contribution in [0.5, 0.6) is 11.5 Å². The average molecular weight is 515 g/mol. The van der Waals surface area contributed by atoms with Crippen molar-refractivity contribution in [1.82, 2.24) is 14.9 Å². The van der Waals surface area contributed by atoms with Gasteiger partial charge in [-0.15, -0.1) is 0 Å². The van der Waals surface area contributed by atoms with Gasteiger partial charge in [-0.1, -0.05) is 18.2 Å². The molecule has 1 fully saturated rings. The molecule has 188 valence electrons. The van der Waals surface area contributed by atoms with E-state index in [2.05, 4.69) is 10.3 Å². The number of methoxy groups -OCH3 is 3. The Balaban J connectivity index is 1.71. The smallest absolute Gasteiger partial charge is 0.339 e. The molecule has 0 saturated carbocycles. The van der Waals surface area contributed by atoms with E-state index in [0.717, 1.165) is 17.1 Å². The van der Waals surface area contributed by atoms with Crippen molar-refractivity contribution in [3.63, 3.8) is 0 Å². The van der Waals surface area contributed by atoms with Crippen molar-refractivity contribution in [3.8, 4) is 17.2 Å². The van der Waals surface area contributed by atoms with E-state index in [0.29, 0.717) is 27.9 Å². The molecule has 2 atom stereocenters. The van der Waals surface area contributed by atoms with E-state index in [4.69, 9.17) is 26.4 Å². The summed E-state index contributed by atoms with van der Waals surface area (Å²) in [6, 6.07) is 22.1. The van der Waals surface area contributed by atoms with Gasteiger partial charge in [-0.2, -0.15) is 0 Å². The highest BCUT2D eigenvalue weighted by Gasteiger charge is 2.43. The Morgan fingerprint density at radius 1 is 0.946 bits per heavy atom. The zero-order valence-electron chi connectivity index (χ0n) is 20.6. The van der Waals surface area contributed by atoms with E-state index >= 15 is 0 Å². The number of aromatic nitrogens is 2. The number of nitrogens with zero attached hydrogens (tertiary/aromatic N) is 3. The third kappa shape index (κ3) is 4.38. The first-order chi connectivity index (χ1) is 18.1. The minimum absolute atomic E-state index is 0.278. The topological polar surface area (TPSA) is 77.9 Å². The number of anilines is 1. The molecule has 4 aromatic rings. The van der Waals surface area contributed by atoms with Gasteiger partial charge in [-0.25, -0.2) is 4.79 Å². The number of nitrogens with one attached hydrogen (secondary N) is 1.